The first-order valence-electron chi connectivity index (χ1n) is 10.1. The Bertz CT molecular complexity index is 808. The Kier molecular flexibility index (Phi) is 4.36. The average Bonchev–Trinajstić information content (AvgIpc) is 2.84. The lowest BCUT2D eigenvalue weighted by molar-refractivity contribution is -0.218. The number of fused-ring (bicyclic) bond motifs is 5. The molecule has 0 aromatic rings. The van der Waals surface area contributed by atoms with E-state index < -0.39 is 34.1 Å². The zero-order valence-corrected chi connectivity index (χ0v) is 17.5. The lowest BCUT2D eigenvalue weighted by atomic mass is 9.44. The third kappa shape index (κ3) is 2.09. The van der Waals surface area contributed by atoms with Gasteiger partial charge in [-0.3, -0.25) is 9.59 Å². The number of hydrogen-bond donors (Lipinski definition) is 3. The predicted octanol–water partition coefficient (Wildman–Crippen LogP) is 2.83. The van der Waals surface area contributed by atoms with Crippen molar-refractivity contribution in [1.29, 1.82) is 0 Å². The van der Waals surface area contributed by atoms with Gasteiger partial charge in [0, 0.05) is 16.7 Å². The summed E-state index contributed by atoms with van der Waals surface area (Å²) in [5.74, 6) is -1.63. The summed E-state index contributed by atoms with van der Waals surface area (Å²) in [6.07, 6.45) is 4.80. The van der Waals surface area contributed by atoms with Gasteiger partial charge in [0.1, 0.15) is 5.60 Å². The first kappa shape index (κ1) is 20.3. The molecule has 2 unspecified atom stereocenters. The molecule has 0 saturated heterocycles. The lowest BCUT2D eigenvalue weighted by Crippen LogP contribution is -2.69. The molecule has 154 valence electrons. The number of ketones is 2. The SMILES string of the molecule is CC1C[C@H]2[C@@H]3CCC4=CC(=O)C=C[C@]4(C)[C@@]3(F)C(O)C[C@]2(C)[C@@]1(O)C(=O)CS. The molecule has 0 bridgehead atoms. The van der Waals surface area contributed by atoms with Crippen LogP contribution in [-0.2, 0) is 9.59 Å². The van der Waals surface area contributed by atoms with E-state index in [1.807, 2.05) is 13.8 Å². The summed E-state index contributed by atoms with van der Waals surface area (Å²) < 4.78 is 16.9. The van der Waals surface area contributed by atoms with Crippen LogP contribution in [0.15, 0.2) is 23.8 Å². The molecule has 0 heterocycles. The number of halogens is 1. The fourth-order valence-electron chi connectivity index (χ4n) is 7.26. The second-order valence-corrected chi connectivity index (χ2v) is 10.1. The summed E-state index contributed by atoms with van der Waals surface area (Å²) in [5, 5.41) is 22.7. The van der Waals surface area contributed by atoms with Crippen LogP contribution in [0.1, 0.15) is 46.5 Å². The van der Waals surface area contributed by atoms with Crippen molar-refractivity contribution >= 4 is 24.2 Å². The Morgan fingerprint density at radius 3 is 2.68 bits per heavy atom. The zero-order valence-electron chi connectivity index (χ0n) is 16.6. The molecular formula is C22H29FO4S. The molecule has 4 aliphatic carbocycles. The molecule has 28 heavy (non-hydrogen) atoms. The van der Waals surface area contributed by atoms with Crippen LogP contribution in [0.25, 0.3) is 0 Å². The van der Waals surface area contributed by atoms with Gasteiger partial charge in [-0.1, -0.05) is 25.5 Å². The number of Topliss-reactive ketones (excluding diaryl/α,β-unsaturated/α-hetero) is 1. The standard InChI is InChI=1S/C22H29FO4S/c1-12-8-16-15-5-4-13-9-14(24)6-7-19(13,2)21(15,23)17(25)10-20(16,3)22(12,27)18(26)11-28/h6-7,9,12,15-17,25,27-28H,4-5,8,10-11H2,1-3H3/t12?,15-,16-,17?,19-,20-,21-,22-/m0/s1. The molecule has 3 fully saturated rings. The lowest BCUT2D eigenvalue weighted by Gasteiger charge is -2.62. The molecule has 8 atom stereocenters. The topological polar surface area (TPSA) is 74.6 Å². The fraction of sp³-hybridized carbons (Fsp3) is 0.727. The van der Waals surface area contributed by atoms with Crippen LogP contribution >= 0.6 is 12.6 Å². The summed E-state index contributed by atoms with van der Waals surface area (Å²) in [5.41, 5.74) is -4.78. The van der Waals surface area contributed by atoms with Crippen LogP contribution in [0.3, 0.4) is 0 Å². The largest absolute Gasteiger partial charge is 0.390 e. The van der Waals surface area contributed by atoms with Crippen molar-refractivity contribution in [3.8, 4) is 0 Å². The van der Waals surface area contributed by atoms with Gasteiger partial charge in [-0.15, -0.1) is 0 Å². The summed E-state index contributed by atoms with van der Waals surface area (Å²) in [4.78, 5) is 24.6. The molecule has 2 N–H and O–H groups in total. The zero-order chi connectivity index (χ0) is 20.7. The maximum absolute atomic E-state index is 16.9. The average molecular weight is 409 g/mol. The number of aliphatic hydroxyl groups excluding tert-OH is 1. The van der Waals surface area contributed by atoms with Crippen LogP contribution in [0.5, 0.6) is 0 Å². The van der Waals surface area contributed by atoms with Crippen molar-refractivity contribution < 1.29 is 24.2 Å². The van der Waals surface area contributed by atoms with E-state index in [1.54, 1.807) is 13.0 Å². The Labute approximate surface area is 170 Å². The van der Waals surface area contributed by atoms with Crippen LogP contribution in [0.4, 0.5) is 4.39 Å². The fourth-order valence-corrected chi connectivity index (χ4v) is 7.50. The van der Waals surface area contributed by atoms with Crippen LogP contribution in [0, 0.1) is 28.6 Å². The molecule has 4 nitrogen and oxygen atoms in total. The number of carbonyl (C=O) groups excluding carboxylic acids is 2. The Balaban J connectivity index is 1.84. The number of carbonyl (C=O) groups is 2. The summed E-state index contributed by atoms with van der Waals surface area (Å²) >= 11 is 4.10. The first-order chi connectivity index (χ1) is 13.0. The van der Waals surface area contributed by atoms with Gasteiger partial charge >= 0.3 is 0 Å². The van der Waals surface area contributed by atoms with E-state index in [-0.39, 0.29) is 35.6 Å². The maximum atomic E-state index is 16.9. The van der Waals surface area contributed by atoms with Crippen molar-refractivity contribution in [3.05, 3.63) is 23.8 Å². The Morgan fingerprint density at radius 1 is 1.36 bits per heavy atom. The van der Waals surface area contributed by atoms with Crippen molar-refractivity contribution in [1.82, 2.24) is 0 Å². The number of allylic oxidation sites excluding steroid dienone is 4. The number of rotatable bonds is 2. The minimum Gasteiger partial charge on any atom is -0.390 e. The molecule has 0 spiro atoms. The van der Waals surface area contributed by atoms with E-state index in [0.717, 1.165) is 5.57 Å². The van der Waals surface area contributed by atoms with E-state index in [4.69, 9.17) is 0 Å². The van der Waals surface area contributed by atoms with E-state index in [2.05, 4.69) is 12.6 Å². The van der Waals surface area contributed by atoms with Crippen LogP contribution < -0.4 is 0 Å². The number of alkyl halides is 1. The van der Waals surface area contributed by atoms with E-state index in [9.17, 15) is 19.8 Å². The van der Waals surface area contributed by atoms with Crippen LogP contribution in [0.2, 0.25) is 0 Å². The second-order valence-electron chi connectivity index (χ2n) is 9.75. The van der Waals surface area contributed by atoms with Gasteiger partial charge in [-0.05, 0) is 56.6 Å². The molecular weight excluding hydrogens is 379 g/mol. The van der Waals surface area contributed by atoms with E-state index in [0.29, 0.717) is 19.3 Å². The highest BCUT2D eigenvalue weighted by Crippen LogP contribution is 2.70. The van der Waals surface area contributed by atoms with Gasteiger partial charge in [0.25, 0.3) is 0 Å². The summed E-state index contributed by atoms with van der Waals surface area (Å²) in [6.45, 7) is 5.44. The molecule has 0 amide bonds. The first-order valence-corrected chi connectivity index (χ1v) is 10.8. The highest BCUT2D eigenvalue weighted by Gasteiger charge is 2.75. The third-order valence-corrected chi connectivity index (χ3v) is 9.08. The second kappa shape index (κ2) is 6.02. The Hall–Kier alpha value is -0.980. The monoisotopic (exact) mass is 408 g/mol. The highest BCUT2D eigenvalue weighted by atomic mass is 32.1. The minimum absolute atomic E-state index is 0.00960. The molecule has 0 aliphatic heterocycles. The van der Waals surface area contributed by atoms with Crippen molar-refractivity contribution in [2.75, 3.05) is 5.75 Å². The van der Waals surface area contributed by atoms with Crippen molar-refractivity contribution in [3.63, 3.8) is 0 Å². The molecule has 6 heteroatoms. The normalized spacial score (nSPS) is 52.5. The van der Waals surface area contributed by atoms with Gasteiger partial charge in [0.2, 0.25) is 0 Å². The van der Waals surface area contributed by atoms with Gasteiger partial charge in [0.05, 0.1) is 11.9 Å². The maximum Gasteiger partial charge on any atom is 0.178 e. The van der Waals surface area contributed by atoms with Gasteiger partial charge < -0.3 is 10.2 Å². The molecule has 0 aromatic heterocycles. The minimum atomic E-state index is -1.94. The molecule has 3 saturated carbocycles. The quantitative estimate of drug-likeness (QED) is 0.615. The molecule has 4 rings (SSSR count). The smallest absolute Gasteiger partial charge is 0.178 e. The van der Waals surface area contributed by atoms with Gasteiger partial charge in [-0.25, -0.2) is 4.39 Å². The van der Waals surface area contributed by atoms with Gasteiger partial charge in [0.15, 0.2) is 17.2 Å². The Morgan fingerprint density at radius 2 is 2.04 bits per heavy atom. The van der Waals surface area contributed by atoms with Gasteiger partial charge in [-0.2, -0.15) is 12.6 Å². The predicted molar refractivity (Wildman–Crippen MR) is 107 cm³/mol. The van der Waals surface area contributed by atoms with Crippen molar-refractivity contribution in [2.24, 2.45) is 28.6 Å². The summed E-state index contributed by atoms with van der Waals surface area (Å²) in [6, 6.07) is 0. The van der Waals surface area contributed by atoms with Crippen molar-refractivity contribution in [2.45, 2.75) is 63.8 Å². The highest BCUT2D eigenvalue weighted by molar-refractivity contribution is 7.81. The van der Waals surface area contributed by atoms with E-state index in [1.165, 1.54) is 12.2 Å². The number of hydrogen-bond acceptors (Lipinski definition) is 5. The van der Waals surface area contributed by atoms with E-state index >= 15 is 4.39 Å². The number of thiol groups is 1. The molecule has 0 aromatic carbocycles. The van der Waals surface area contributed by atoms with Crippen LogP contribution in [-0.4, -0.2) is 44.9 Å². The summed E-state index contributed by atoms with van der Waals surface area (Å²) in [7, 11) is 0. The third-order valence-electron chi connectivity index (χ3n) is 8.79. The molecule has 0 radical (unpaired) electrons. The number of aliphatic hydroxyl groups is 2. The molecule has 4 aliphatic rings.